The van der Waals surface area contributed by atoms with Crippen molar-refractivity contribution < 1.29 is 18.8 Å². The zero-order valence-corrected chi connectivity index (χ0v) is 17.5. The van der Waals surface area contributed by atoms with E-state index >= 15 is 0 Å². The van der Waals surface area contributed by atoms with Crippen LogP contribution in [0, 0.1) is 0 Å². The second-order valence-electron chi connectivity index (χ2n) is 7.85. The van der Waals surface area contributed by atoms with Crippen molar-refractivity contribution in [3.8, 4) is 5.75 Å². The van der Waals surface area contributed by atoms with Crippen molar-refractivity contribution in [2.24, 2.45) is 0 Å². The number of aldehydes is 1. The predicted octanol–water partition coefficient (Wildman–Crippen LogP) is 4.03. The molecule has 3 rings (SSSR count). The Balaban J connectivity index is 1.94. The van der Waals surface area contributed by atoms with E-state index < -0.39 is 18.3 Å². The molecule has 0 spiro atoms. The minimum Gasteiger partial charge on any atom is -0.489 e. The smallest absolute Gasteiger partial charge is 0.489 e. The van der Waals surface area contributed by atoms with Crippen LogP contribution in [0.15, 0.2) is 53.4 Å². The highest BCUT2D eigenvalue weighted by molar-refractivity contribution is 7.85. The van der Waals surface area contributed by atoms with Gasteiger partial charge in [-0.2, -0.15) is 0 Å². The maximum Gasteiger partial charge on any atom is 0.498 e. The van der Waals surface area contributed by atoms with Gasteiger partial charge in [-0.25, -0.2) is 0 Å². The van der Waals surface area contributed by atoms with Gasteiger partial charge in [0.2, 0.25) is 0 Å². The lowest BCUT2D eigenvalue weighted by Gasteiger charge is -2.32. The molecular formula is C22H25BO4S. The van der Waals surface area contributed by atoms with E-state index in [9.17, 15) is 4.79 Å². The van der Waals surface area contributed by atoms with Gasteiger partial charge in [0.1, 0.15) is 12.4 Å². The molecule has 1 aliphatic rings. The minimum absolute atomic E-state index is 0.345. The van der Waals surface area contributed by atoms with E-state index in [-0.39, 0.29) is 0 Å². The first-order chi connectivity index (χ1) is 13.2. The Kier molecular flexibility index (Phi) is 6.03. The number of thiol groups is 1. The second-order valence-corrected chi connectivity index (χ2v) is 8.36. The molecule has 1 aliphatic heterocycles. The molecule has 0 unspecified atom stereocenters. The first-order valence-electron chi connectivity index (χ1n) is 9.24. The van der Waals surface area contributed by atoms with Crippen LogP contribution in [0.25, 0.3) is 6.08 Å². The second kappa shape index (κ2) is 8.15. The van der Waals surface area contributed by atoms with Crippen LogP contribution in [0.3, 0.4) is 0 Å². The van der Waals surface area contributed by atoms with Gasteiger partial charge >= 0.3 is 7.12 Å². The zero-order chi connectivity index (χ0) is 20.4. The summed E-state index contributed by atoms with van der Waals surface area (Å²) < 4.78 is 18.5. The van der Waals surface area contributed by atoms with Gasteiger partial charge in [-0.05, 0) is 51.0 Å². The van der Waals surface area contributed by atoms with Crippen molar-refractivity contribution in [1.82, 2.24) is 0 Å². The number of hydrogen-bond donors (Lipinski definition) is 1. The van der Waals surface area contributed by atoms with Crippen molar-refractivity contribution in [3.05, 3.63) is 64.6 Å². The van der Waals surface area contributed by atoms with Gasteiger partial charge in [0, 0.05) is 10.4 Å². The third-order valence-electron chi connectivity index (χ3n) is 5.21. The van der Waals surface area contributed by atoms with Gasteiger partial charge in [0.15, 0.2) is 6.29 Å². The SMILES string of the molecule is CC1(C)OB(c2cc(/C=C(\S)C=O)ccc2OCc2ccccc2)OC1(C)C. The molecule has 0 amide bonds. The molecule has 6 heteroatoms. The molecule has 0 N–H and O–H groups in total. The van der Waals surface area contributed by atoms with Crippen LogP contribution in [-0.2, 0) is 20.7 Å². The van der Waals surface area contributed by atoms with Crippen molar-refractivity contribution >= 4 is 37.6 Å². The van der Waals surface area contributed by atoms with Gasteiger partial charge in [-0.15, -0.1) is 12.6 Å². The Morgan fingerprint density at radius 2 is 1.71 bits per heavy atom. The van der Waals surface area contributed by atoms with Crippen molar-refractivity contribution in [1.29, 1.82) is 0 Å². The summed E-state index contributed by atoms with van der Waals surface area (Å²) in [5.74, 6) is 0.686. The summed E-state index contributed by atoms with van der Waals surface area (Å²) in [6, 6.07) is 15.6. The van der Waals surface area contributed by atoms with E-state index in [4.69, 9.17) is 14.0 Å². The highest BCUT2D eigenvalue weighted by Gasteiger charge is 2.52. The Morgan fingerprint density at radius 3 is 2.32 bits per heavy atom. The standard InChI is InChI=1S/C22H25BO4S/c1-21(2)22(3,4)27-23(26-21)19-13-17(12-18(28)14-24)10-11-20(19)25-15-16-8-6-5-7-9-16/h5-14,28H,15H2,1-4H3/b18-12-. The maximum absolute atomic E-state index is 10.9. The van der Waals surface area contributed by atoms with Gasteiger partial charge < -0.3 is 14.0 Å². The molecule has 1 fully saturated rings. The third kappa shape index (κ3) is 4.51. The summed E-state index contributed by atoms with van der Waals surface area (Å²) in [6.45, 7) is 8.49. The first-order valence-corrected chi connectivity index (χ1v) is 9.69. The molecule has 0 aromatic heterocycles. The van der Waals surface area contributed by atoms with Crippen LogP contribution < -0.4 is 10.2 Å². The summed E-state index contributed by atoms with van der Waals surface area (Å²) in [5.41, 5.74) is 1.77. The fourth-order valence-electron chi connectivity index (χ4n) is 2.88. The monoisotopic (exact) mass is 396 g/mol. The van der Waals surface area contributed by atoms with E-state index in [1.807, 2.05) is 76.2 Å². The summed E-state index contributed by atoms with van der Waals surface area (Å²) in [6.07, 6.45) is 2.41. The molecule has 0 bridgehead atoms. The summed E-state index contributed by atoms with van der Waals surface area (Å²) in [7, 11) is -0.566. The average molecular weight is 396 g/mol. The van der Waals surface area contributed by atoms with Crippen LogP contribution in [0.2, 0.25) is 0 Å². The largest absolute Gasteiger partial charge is 0.498 e. The van der Waals surface area contributed by atoms with Gasteiger partial charge in [0.05, 0.1) is 11.2 Å². The topological polar surface area (TPSA) is 44.8 Å². The Morgan fingerprint density at radius 1 is 1.07 bits per heavy atom. The average Bonchev–Trinajstić information content (AvgIpc) is 2.88. The van der Waals surface area contributed by atoms with E-state index in [1.54, 1.807) is 6.08 Å². The maximum atomic E-state index is 10.9. The number of hydrogen-bond acceptors (Lipinski definition) is 5. The molecule has 0 atom stereocenters. The molecule has 1 heterocycles. The molecule has 4 nitrogen and oxygen atoms in total. The van der Waals surface area contributed by atoms with E-state index in [0.717, 1.165) is 16.6 Å². The van der Waals surface area contributed by atoms with Crippen LogP contribution in [-0.4, -0.2) is 24.6 Å². The summed E-state index contributed by atoms with van der Waals surface area (Å²) >= 11 is 4.15. The first kappa shape index (κ1) is 20.7. The predicted molar refractivity (Wildman–Crippen MR) is 116 cm³/mol. The van der Waals surface area contributed by atoms with Crippen molar-refractivity contribution in [2.45, 2.75) is 45.5 Å². The Hall–Kier alpha value is -2.02. The van der Waals surface area contributed by atoms with Crippen LogP contribution in [0.5, 0.6) is 5.75 Å². The minimum atomic E-state index is -0.566. The molecule has 1 saturated heterocycles. The van der Waals surface area contributed by atoms with Gasteiger partial charge in [0.25, 0.3) is 0 Å². The zero-order valence-electron chi connectivity index (χ0n) is 16.6. The van der Waals surface area contributed by atoms with Crippen molar-refractivity contribution in [2.75, 3.05) is 0 Å². The fourth-order valence-corrected chi connectivity index (χ4v) is 3.03. The Bertz CT molecular complexity index is 861. The molecule has 0 saturated carbocycles. The third-order valence-corrected chi connectivity index (χ3v) is 5.45. The number of rotatable bonds is 6. The lowest BCUT2D eigenvalue weighted by molar-refractivity contribution is -0.104. The van der Waals surface area contributed by atoms with E-state index in [2.05, 4.69) is 12.6 Å². The highest BCUT2D eigenvalue weighted by atomic mass is 32.1. The Labute approximate surface area is 172 Å². The molecule has 146 valence electrons. The number of carbonyl (C=O) groups is 1. The van der Waals surface area contributed by atoms with E-state index in [1.165, 1.54) is 0 Å². The molecule has 2 aromatic rings. The number of ether oxygens (including phenoxy) is 1. The number of benzene rings is 2. The molecule has 2 aromatic carbocycles. The summed E-state index contributed by atoms with van der Waals surface area (Å²) in [5, 5.41) is 0. The highest BCUT2D eigenvalue weighted by Crippen LogP contribution is 2.37. The van der Waals surface area contributed by atoms with Gasteiger partial charge in [-0.1, -0.05) is 42.5 Å². The quantitative estimate of drug-likeness (QED) is 0.347. The normalized spacial score (nSPS) is 18.2. The lowest BCUT2D eigenvalue weighted by atomic mass is 9.77. The van der Waals surface area contributed by atoms with Gasteiger partial charge in [-0.3, -0.25) is 4.79 Å². The van der Waals surface area contributed by atoms with Crippen molar-refractivity contribution in [3.63, 3.8) is 0 Å². The molecule has 0 aliphatic carbocycles. The lowest BCUT2D eigenvalue weighted by Crippen LogP contribution is -2.41. The number of allylic oxidation sites excluding steroid dienone is 1. The fraction of sp³-hybridized carbons (Fsp3) is 0.318. The van der Waals surface area contributed by atoms with Crippen LogP contribution >= 0.6 is 12.6 Å². The molecule has 28 heavy (non-hydrogen) atoms. The summed E-state index contributed by atoms with van der Waals surface area (Å²) in [4.78, 5) is 11.3. The molecule has 0 radical (unpaired) electrons. The van der Waals surface area contributed by atoms with Crippen LogP contribution in [0.1, 0.15) is 38.8 Å². The number of carbonyl (C=O) groups excluding carboxylic acids is 1. The van der Waals surface area contributed by atoms with Crippen LogP contribution in [0.4, 0.5) is 0 Å². The molecular weight excluding hydrogens is 371 g/mol. The van der Waals surface area contributed by atoms with E-state index in [0.29, 0.717) is 23.5 Å².